The molecule has 1 atom stereocenters. The van der Waals surface area contributed by atoms with Crippen LogP contribution >= 0.6 is 11.6 Å². The number of esters is 1. The van der Waals surface area contributed by atoms with E-state index in [2.05, 4.69) is 5.32 Å². The van der Waals surface area contributed by atoms with Crippen molar-refractivity contribution in [3.05, 3.63) is 41.4 Å². The molecule has 5 nitrogen and oxygen atoms in total. The minimum Gasteiger partial charge on any atom is -0.481 e. The molecular formula is C18H18ClNO4. The first-order valence-electron chi connectivity index (χ1n) is 7.84. The van der Waals surface area contributed by atoms with Crippen LogP contribution in [0.5, 0.6) is 5.75 Å². The van der Waals surface area contributed by atoms with Gasteiger partial charge in [-0.3, -0.25) is 4.79 Å². The number of benzene rings is 2. The lowest BCUT2D eigenvalue weighted by molar-refractivity contribution is -0.156. The van der Waals surface area contributed by atoms with E-state index >= 15 is 0 Å². The first-order chi connectivity index (χ1) is 11.5. The van der Waals surface area contributed by atoms with Crippen LogP contribution in [0.3, 0.4) is 0 Å². The Morgan fingerprint density at radius 3 is 2.62 bits per heavy atom. The molecular weight excluding hydrogens is 330 g/mol. The van der Waals surface area contributed by atoms with Crippen molar-refractivity contribution < 1.29 is 19.1 Å². The molecule has 0 heterocycles. The third kappa shape index (κ3) is 3.97. The number of carbonyl (C=O) groups excluding carboxylic acids is 2. The van der Waals surface area contributed by atoms with E-state index in [9.17, 15) is 9.59 Å². The van der Waals surface area contributed by atoms with Crippen LogP contribution in [-0.2, 0) is 14.3 Å². The summed E-state index contributed by atoms with van der Waals surface area (Å²) in [5.41, 5.74) is 0. The Labute approximate surface area is 144 Å². The molecule has 1 saturated carbocycles. The zero-order chi connectivity index (χ0) is 17.1. The Morgan fingerprint density at radius 2 is 1.92 bits per heavy atom. The number of nitrogens with one attached hydrogen (secondary N) is 1. The molecule has 0 unspecified atom stereocenters. The van der Waals surface area contributed by atoms with Gasteiger partial charge in [-0.15, -0.1) is 0 Å². The Morgan fingerprint density at radius 1 is 1.21 bits per heavy atom. The lowest BCUT2D eigenvalue weighted by atomic mass is 10.1. The minimum absolute atomic E-state index is 0.232. The van der Waals surface area contributed by atoms with Crippen molar-refractivity contribution >= 4 is 34.2 Å². The number of fused-ring (bicyclic) bond motifs is 1. The summed E-state index contributed by atoms with van der Waals surface area (Å²) in [5, 5.41) is 5.07. The van der Waals surface area contributed by atoms with Gasteiger partial charge in [0.2, 0.25) is 0 Å². The maximum atomic E-state index is 11.9. The van der Waals surface area contributed by atoms with E-state index in [1.165, 1.54) is 0 Å². The number of halogens is 1. The van der Waals surface area contributed by atoms with Crippen LogP contribution in [0, 0.1) is 0 Å². The molecule has 1 aliphatic carbocycles. The summed E-state index contributed by atoms with van der Waals surface area (Å²) in [5.74, 6) is -0.322. The van der Waals surface area contributed by atoms with Gasteiger partial charge in [0, 0.05) is 21.8 Å². The summed E-state index contributed by atoms with van der Waals surface area (Å²) in [4.78, 5) is 23.7. The van der Waals surface area contributed by atoms with Crippen LogP contribution in [-0.4, -0.2) is 30.6 Å². The van der Waals surface area contributed by atoms with Gasteiger partial charge in [-0.05, 0) is 31.9 Å². The molecule has 0 spiro atoms. The van der Waals surface area contributed by atoms with E-state index in [1.807, 2.05) is 24.3 Å². The standard InChI is InChI=1S/C18H18ClNO4/c1-11(18(22)20-12-6-7-12)24-17(21)10-23-16-9-8-15(19)13-4-2-3-5-14(13)16/h2-5,8-9,11-12H,6-7,10H2,1H3,(H,20,22)/t11-/m1/s1. The summed E-state index contributed by atoms with van der Waals surface area (Å²) in [7, 11) is 0. The number of ether oxygens (including phenoxy) is 2. The van der Waals surface area contributed by atoms with Crippen LogP contribution < -0.4 is 10.1 Å². The molecule has 24 heavy (non-hydrogen) atoms. The normalized spacial score (nSPS) is 14.9. The van der Waals surface area contributed by atoms with Crippen LogP contribution in [0.15, 0.2) is 36.4 Å². The minimum atomic E-state index is -0.830. The van der Waals surface area contributed by atoms with Crippen molar-refractivity contribution in [2.24, 2.45) is 0 Å². The van der Waals surface area contributed by atoms with Gasteiger partial charge >= 0.3 is 5.97 Å². The molecule has 1 N–H and O–H groups in total. The molecule has 0 bridgehead atoms. The Hall–Kier alpha value is -2.27. The summed E-state index contributed by atoms with van der Waals surface area (Å²) < 4.78 is 10.6. The highest BCUT2D eigenvalue weighted by Crippen LogP contribution is 2.31. The molecule has 0 aliphatic heterocycles. The highest BCUT2D eigenvalue weighted by atomic mass is 35.5. The average molecular weight is 348 g/mol. The summed E-state index contributed by atoms with van der Waals surface area (Å²) in [6.07, 6.45) is 1.14. The Balaban J connectivity index is 1.58. The predicted molar refractivity (Wildman–Crippen MR) is 91.2 cm³/mol. The second kappa shape index (κ2) is 7.09. The third-order valence-electron chi connectivity index (χ3n) is 3.78. The lowest BCUT2D eigenvalue weighted by Gasteiger charge is -2.14. The molecule has 0 radical (unpaired) electrons. The SMILES string of the molecule is C[C@@H](OC(=O)COc1ccc(Cl)c2ccccc12)C(=O)NC1CC1. The molecule has 1 aliphatic rings. The van der Waals surface area contributed by atoms with Crippen molar-refractivity contribution in [2.75, 3.05) is 6.61 Å². The van der Waals surface area contributed by atoms with Crippen molar-refractivity contribution in [3.63, 3.8) is 0 Å². The second-order valence-electron chi connectivity index (χ2n) is 5.79. The van der Waals surface area contributed by atoms with Gasteiger partial charge in [0.25, 0.3) is 5.91 Å². The predicted octanol–water partition coefficient (Wildman–Crippen LogP) is 3.08. The van der Waals surface area contributed by atoms with E-state index in [1.54, 1.807) is 19.1 Å². The van der Waals surface area contributed by atoms with E-state index in [4.69, 9.17) is 21.1 Å². The fourth-order valence-electron chi connectivity index (χ4n) is 2.33. The highest BCUT2D eigenvalue weighted by molar-refractivity contribution is 6.35. The Bertz CT molecular complexity index is 773. The molecule has 2 aromatic carbocycles. The van der Waals surface area contributed by atoms with Gasteiger partial charge in [0.1, 0.15) is 5.75 Å². The van der Waals surface area contributed by atoms with E-state index in [-0.39, 0.29) is 18.6 Å². The number of hydrogen-bond donors (Lipinski definition) is 1. The first kappa shape index (κ1) is 16.6. The topological polar surface area (TPSA) is 64.6 Å². The molecule has 6 heteroatoms. The summed E-state index contributed by atoms with van der Waals surface area (Å²) in [6, 6.07) is 11.2. The molecule has 126 valence electrons. The Kier molecular flexibility index (Phi) is 4.90. The second-order valence-corrected chi connectivity index (χ2v) is 6.20. The summed E-state index contributed by atoms with van der Waals surface area (Å²) >= 11 is 6.15. The number of hydrogen-bond acceptors (Lipinski definition) is 4. The first-order valence-corrected chi connectivity index (χ1v) is 8.22. The van der Waals surface area contributed by atoms with Crippen molar-refractivity contribution in [2.45, 2.75) is 31.9 Å². The van der Waals surface area contributed by atoms with Crippen molar-refractivity contribution in [1.82, 2.24) is 5.32 Å². The van der Waals surface area contributed by atoms with Crippen molar-refractivity contribution in [3.8, 4) is 5.75 Å². The van der Waals surface area contributed by atoms with Crippen LogP contribution in [0.1, 0.15) is 19.8 Å². The van der Waals surface area contributed by atoms with E-state index < -0.39 is 12.1 Å². The highest BCUT2D eigenvalue weighted by Gasteiger charge is 2.27. The fourth-order valence-corrected chi connectivity index (χ4v) is 2.56. The van der Waals surface area contributed by atoms with E-state index in [0.717, 1.165) is 23.6 Å². The molecule has 0 aromatic heterocycles. The van der Waals surface area contributed by atoms with Gasteiger partial charge in [-0.25, -0.2) is 4.79 Å². The maximum absolute atomic E-state index is 11.9. The largest absolute Gasteiger partial charge is 0.481 e. The molecule has 1 fully saturated rings. The molecule has 0 saturated heterocycles. The van der Waals surface area contributed by atoms with Crippen LogP contribution in [0.2, 0.25) is 5.02 Å². The molecule has 2 aromatic rings. The quantitative estimate of drug-likeness (QED) is 0.815. The van der Waals surface area contributed by atoms with Gasteiger partial charge in [0.05, 0.1) is 0 Å². The maximum Gasteiger partial charge on any atom is 0.344 e. The van der Waals surface area contributed by atoms with Crippen molar-refractivity contribution in [1.29, 1.82) is 0 Å². The van der Waals surface area contributed by atoms with Gasteiger partial charge in [0.15, 0.2) is 12.7 Å². The smallest absolute Gasteiger partial charge is 0.344 e. The molecule has 3 rings (SSSR count). The number of amides is 1. The number of rotatable bonds is 6. The number of carbonyl (C=O) groups is 2. The van der Waals surface area contributed by atoms with Crippen LogP contribution in [0.4, 0.5) is 0 Å². The molecule has 1 amide bonds. The summed E-state index contributed by atoms with van der Waals surface area (Å²) in [6.45, 7) is 1.28. The monoisotopic (exact) mass is 347 g/mol. The zero-order valence-corrected chi connectivity index (χ0v) is 14.0. The van der Waals surface area contributed by atoms with E-state index in [0.29, 0.717) is 10.8 Å². The third-order valence-corrected chi connectivity index (χ3v) is 4.11. The van der Waals surface area contributed by atoms with Gasteiger partial charge < -0.3 is 14.8 Å². The average Bonchev–Trinajstić information content (AvgIpc) is 3.38. The van der Waals surface area contributed by atoms with Crippen LogP contribution in [0.25, 0.3) is 10.8 Å². The van der Waals surface area contributed by atoms with Gasteiger partial charge in [-0.1, -0.05) is 35.9 Å². The van der Waals surface area contributed by atoms with Gasteiger partial charge in [-0.2, -0.15) is 0 Å². The fraction of sp³-hybridized carbons (Fsp3) is 0.333. The zero-order valence-electron chi connectivity index (χ0n) is 13.3. The lowest BCUT2D eigenvalue weighted by Crippen LogP contribution is -2.37.